The number of nitrogens with one attached hydrogen (secondary N) is 1. The predicted molar refractivity (Wildman–Crippen MR) is 101 cm³/mol. The second kappa shape index (κ2) is 8.45. The van der Waals surface area contributed by atoms with Crippen molar-refractivity contribution in [3.8, 4) is 0 Å². The third-order valence-electron chi connectivity index (χ3n) is 5.70. The molecular formula is C18H25F3N4O3S. The highest BCUT2D eigenvalue weighted by atomic mass is 32.2. The van der Waals surface area contributed by atoms with Crippen LogP contribution in [0.15, 0.2) is 6.20 Å². The van der Waals surface area contributed by atoms with Crippen LogP contribution in [0.4, 0.5) is 19.1 Å². The minimum atomic E-state index is -4.83. The number of aromatic nitrogens is 2. The Balaban J connectivity index is 1.73. The molecule has 2 fully saturated rings. The molecule has 11 heteroatoms. The van der Waals surface area contributed by atoms with Gasteiger partial charge in [0.05, 0.1) is 17.1 Å². The summed E-state index contributed by atoms with van der Waals surface area (Å²) in [4.78, 5) is 21.1. The topological polar surface area (TPSA) is 92.3 Å². The molecule has 2 heterocycles. The van der Waals surface area contributed by atoms with Crippen molar-refractivity contribution in [2.24, 2.45) is 11.8 Å². The second-order valence-electron chi connectivity index (χ2n) is 7.73. The van der Waals surface area contributed by atoms with Crippen molar-refractivity contribution in [3.63, 3.8) is 0 Å². The van der Waals surface area contributed by atoms with Crippen molar-refractivity contribution in [1.29, 1.82) is 0 Å². The van der Waals surface area contributed by atoms with Crippen LogP contribution in [0.3, 0.4) is 0 Å². The molecule has 1 aliphatic carbocycles. The van der Waals surface area contributed by atoms with Gasteiger partial charge < -0.3 is 10.2 Å². The summed E-state index contributed by atoms with van der Waals surface area (Å²) in [5, 5.41) is 2.87. The van der Waals surface area contributed by atoms with E-state index in [2.05, 4.69) is 22.2 Å². The number of sulfone groups is 1. The van der Waals surface area contributed by atoms with E-state index in [-0.39, 0.29) is 30.5 Å². The molecule has 1 saturated heterocycles. The van der Waals surface area contributed by atoms with Crippen LogP contribution in [0.25, 0.3) is 0 Å². The quantitative estimate of drug-likeness (QED) is 0.766. The second-order valence-corrected chi connectivity index (χ2v) is 10.0. The fraction of sp³-hybridized carbons (Fsp3) is 0.722. The van der Waals surface area contributed by atoms with Gasteiger partial charge in [0.15, 0.2) is 15.5 Å². The molecule has 1 aromatic rings. The van der Waals surface area contributed by atoms with E-state index in [0.29, 0.717) is 18.4 Å². The van der Waals surface area contributed by atoms with Crippen molar-refractivity contribution in [2.45, 2.75) is 38.8 Å². The standard InChI is InChI=1S/C18H25F3N4O3S/c1-2-12-3-4-13(9-12)10-22-17-23-11-14(15(24-17)18(19,20)21)16(26)25-5-7-29(27,28)8-6-25/h11-13H,2-10H2,1H3,(H,22,23,24)/t12-,13+/m0/s1. The molecule has 1 aromatic heterocycles. The Kier molecular flexibility index (Phi) is 6.35. The number of anilines is 1. The zero-order chi connectivity index (χ0) is 21.2. The smallest absolute Gasteiger partial charge is 0.354 e. The Labute approximate surface area is 168 Å². The Morgan fingerprint density at radius 3 is 2.48 bits per heavy atom. The highest BCUT2D eigenvalue weighted by Crippen LogP contribution is 2.34. The van der Waals surface area contributed by atoms with E-state index in [0.717, 1.165) is 36.8 Å². The van der Waals surface area contributed by atoms with Crippen molar-refractivity contribution < 1.29 is 26.4 Å². The summed E-state index contributed by atoms with van der Waals surface area (Å²) in [6.45, 7) is 2.34. The molecule has 162 valence electrons. The molecule has 29 heavy (non-hydrogen) atoms. The van der Waals surface area contributed by atoms with Gasteiger partial charge in [-0.25, -0.2) is 18.4 Å². The molecule has 1 saturated carbocycles. The molecule has 0 aromatic carbocycles. The summed E-state index contributed by atoms with van der Waals surface area (Å²) in [7, 11) is -3.26. The number of amides is 1. The van der Waals surface area contributed by atoms with Crippen LogP contribution in [-0.2, 0) is 16.0 Å². The highest BCUT2D eigenvalue weighted by molar-refractivity contribution is 7.91. The molecule has 1 aliphatic heterocycles. The third-order valence-corrected chi connectivity index (χ3v) is 7.30. The van der Waals surface area contributed by atoms with Gasteiger partial charge in [-0.2, -0.15) is 13.2 Å². The maximum atomic E-state index is 13.5. The molecular weight excluding hydrogens is 409 g/mol. The molecule has 3 rings (SSSR count). The number of alkyl halides is 3. The lowest BCUT2D eigenvalue weighted by atomic mass is 10.0. The van der Waals surface area contributed by atoms with E-state index < -0.39 is 33.2 Å². The van der Waals surface area contributed by atoms with Gasteiger partial charge in [0.2, 0.25) is 5.95 Å². The first kappa shape index (κ1) is 21.8. The van der Waals surface area contributed by atoms with Crippen LogP contribution in [0.2, 0.25) is 0 Å². The fourth-order valence-electron chi connectivity index (χ4n) is 3.90. The number of nitrogens with zero attached hydrogens (tertiary/aromatic N) is 3. The fourth-order valence-corrected chi connectivity index (χ4v) is 5.10. The van der Waals surface area contributed by atoms with Crippen LogP contribution in [-0.4, -0.2) is 60.3 Å². The van der Waals surface area contributed by atoms with Gasteiger partial charge in [-0.1, -0.05) is 19.8 Å². The normalized spacial score (nSPS) is 24.5. The van der Waals surface area contributed by atoms with Gasteiger partial charge in [-0.15, -0.1) is 0 Å². The first-order valence-electron chi connectivity index (χ1n) is 9.77. The number of carbonyl (C=O) groups excluding carboxylic acids is 1. The summed E-state index contributed by atoms with van der Waals surface area (Å²) >= 11 is 0. The lowest BCUT2D eigenvalue weighted by Gasteiger charge is -2.27. The summed E-state index contributed by atoms with van der Waals surface area (Å²) in [5.41, 5.74) is -1.96. The van der Waals surface area contributed by atoms with Crippen LogP contribution in [0.1, 0.15) is 48.7 Å². The van der Waals surface area contributed by atoms with Crippen molar-refractivity contribution >= 4 is 21.7 Å². The van der Waals surface area contributed by atoms with Crippen molar-refractivity contribution in [2.75, 3.05) is 36.5 Å². The molecule has 0 unspecified atom stereocenters. The summed E-state index contributed by atoms with van der Waals surface area (Å²) < 4.78 is 63.6. The zero-order valence-electron chi connectivity index (χ0n) is 16.2. The molecule has 1 amide bonds. The average molecular weight is 434 g/mol. The molecule has 2 atom stereocenters. The predicted octanol–water partition coefficient (Wildman–Crippen LogP) is 2.60. The molecule has 0 spiro atoms. The lowest BCUT2D eigenvalue weighted by Crippen LogP contribution is -2.44. The number of hydrogen-bond donors (Lipinski definition) is 1. The van der Waals surface area contributed by atoms with Gasteiger partial charge in [-0.3, -0.25) is 4.79 Å². The van der Waals surface area contributed by atoms with Crippen molar-refractivity contribution in [1.82, 2.24) is 14.9 Å². The Hall–Kier alpha value is -1.91. The van der Waals surface area contributed by atoms with Crippen LogP contribution < -0.4 is 5.32 Å². The Morgan fingerprint density at radius 1 is 1.24 bits per heavy atom. The van der Waals surface area contributed by atoms with Gasteiger partial charge >= 0.3 is 6.18 Å². The first-order valence-corrected chi connectivity index (χ1v) is 11.6. The first-order chi connectivity index (χ1) is 13.6. The van der Waals surface area contributed by atoms with Crippen LogP contribution >= 0.6 is 0 Å². The number of hydrogen-bond acceptors (Lipinski definition) is 6. The molecule has 1 N–H and O–H groups in total. The molecule has 0 radical (unpaired) electrons. The third kappa shape index (κ3) is 5.37. The minimum Gasteiger partial charge on any atom is -0.354 e. The monoisotopic (exact) mass is 434 g/mol. The molecule has 2 aliphatic rings. The lowest BCUT2D eigenvalue weighted by molar-refractivity contribution is -0.141. The van der Waals surface area contributed by atoms with E-state index in [1.54, 1.807) is 0 Å². The van der Waals surface area contributed by atoms with E-state index in [4.69, 9.17) is 0 Å². The van der Waals surface area contributed by atoms with E-state index in [1.165, 1.54) is 0 Å². The van der Waals surface area contributed by atoms with Crippen molar-refractivity contribution in [3.05, 3.63) is 17.5 Å². The molecule has 7 nitrogen and oxygen atoms in total. The summed E-state index contributed by atoms with van der Waals surface area (Å²) in [6.07, 6.45) is 0.326. The van der Waals surface area contributed by atoms with Gasteiger partial charge in [0.25, 0.3) is 5.91 Å². The number of rotatable bonds is 5. The SMILES string of the molecule is CC[C@H]1CC[C@@H](CNc2ncc(C(=O)N3CCS(=O)(=O)CC3)c(C(F)(F)F)n2)C1. The van der Waals surface area contributed by atoms with Gasteiger partial charge in [0.1, 0.15) is 0 Å². The largest absolute Gasteiger partial charge is 0.434 e. The Morgan fingerprint density at radius 2 is 1.90 bits per heavy atom. The van der Waals surface area contributed by atoms with E-state index in [1.807, 2.05) is 0 Å². The summed E-state index contributed by atoms with van der Waals surface area (Å²) in [5.74, 6) is -0.562. The van der Waals surface area contributed by atoms with E-state index in [9.17, 15) is 26.4 Å². The zero-order valence-corrected chi connectivity index (χ0v) is 17.0. The maximum absolute atomic E-state index is 13.5. The average Bonchev–Trinajstić information content (AvgIpc) is 3.13. The van der Waals surface area contributed by atoms with Gasteiger partial charge in [0, 0.05) is 25.8 Å². The van der Waals surface area contributed by atoms with Crippen LogP contribution in [0.5, 0.6) is 0 Å². The van der Waals surface area contributed by atoms with E-state index >= 15 is 0 Å². The van der Waals surface area contributed by atoms with Gasteiger partial charge in [-0.05, 0) is 24.7 Å². The summed E-state index contributed by atoms with van der Waals surface area (Å²) in [6, 6.07) is 0. The number of halogens is 3. The highest BCUT2D eigenvalue weighted by Gasteiger charge is 2.40. The Bertz CT molecular complexity index is 846. The minimum absolute atomic E-state index is 0.140. The van der Waals surface area contributed by atoms with Crippen LogP contribution in [0, 0.1) is 11.8 Å². The maximum Gasteiger partial charge on any atom is 0.434 e. The number of carbonyl (C=O) groups is 1. The molecule has 0 bridgehead atoms.